The summed E-state index contributed by atoms with van der Waals surface area (Å²) in [5, 5.41) is 11.9. The molecule has 2 aromatic heterocycles. The molecule has 27 heavy (non-hydrogen) atoms. The molecule has 3 rings (SSSR count). The van der Waals surface area contributed by atoms with E-state index in [1.165, 1.54) is 0 Å². The second-order valence-electron chi connectivity index (χ2n) is 6.65. The first kappa shape index (κ1) is 18.7. The van der Waals surface area contributed by atoms with Crippen LogP contribution in [0.25, 0.3) is 11.0 Å². The number of aromatic nitrogens is 4. The van der Waals surface area contributed by atoms with Gasteiger partial charge in [0.05, 0.1) is 18.4 Å². The Hall–Kier alpha value is -3.09. The molecule has 2 heterocycles. The average Bonchev–Trinajstić information content (AvgIpc) is 3.20. The first-order valence-corrected chi connectivity index (χ1v) is 9.04. The smallest absolute Gasteiger partial charge is 0.226 e. The van der Waals surface area contributed by atoms with E-state index < -0.39 is 0 Å². The lowest BCUT2D eigenvalue weighted by Crippen LogP contribution is -2.15. The van der Waals surface area contributed by atoms with Gasteiger partial charge in [0.25, 0.3) is 0 Å². The molecule has 1 aromatic carbocycles. The van der Waals surface area contributed by atoms with Gasteiger partial charge in [-0.05, 0) is 32.9 Å². The molecule has 0 atom stereocenters. The molecule has 0 aliphatic rings. The third-order valence-electron chi connectivity index (χ3n) is 4.19. The van der Waals surface area contributed by atoms with Crippen molar-refractivity contribution in [2.45, 2.75) is 39.8 Å². The van der Waals surface area contributed by atoms with Gasteiger partial charge in [-0.1, -0.05) is 18.7 Å². The van der Waals surface area contributed by atoms with Crippen molar-refractivity contribution in [3.05, 3.63) is 48.8 Å². The van der Waals surface area contributed by atoms with Gasteiger partial charge in [0.1, 0.15) is 23.4 Å². The van der Waals surface area contributed by atoms with Gasteiger partial charge >= 0.3 is 0 Å². The van der Waals surface area contributed by atoms with Gasteiger partial charge in [0, 0.05) is 24.2 Å². The van der Waals surface area contributed by atoms with Gasteiger partial charge in [-0.25, -0.2) is 0 Å². The molecule has 7 nitrogen and oxygen atoms in total. The van der Waals surface area contributed by atoms with Crippen LogP contribution < -0.4 is 10.1 Å². The van der Waals surface area contributed by atoms with E-state index in [1.54, 1.807) is 12.1 Å². The standard InChI is InChI=1S/C20H25N5O2/c1-5-11-27-17-8-6-7-16(12-17)22-19(26)9-10-24-20-15(4)23-25(14(2)3)18(20)13-21-24/h5-8,12-14H,1,9-11H2,2-4H3,(H,22,26). The number of benzene rings is 1. The van der Waals surface area contributed by atoms with Crippen LogP contribution in [0, 0.1) is 6.92 Å². The highest BCUT2D eigenvalue weighted by Crippen LogP contribution is 2.22. The fourth-order valence-corrected chi connectivity index (χ4v) is 2.99. The van der Waals surface area contributed by atoms with Crippen LogP contribution in [0.4, 0.5) is 5.69 Å². The van der Waals surface area contributed by atoms with Crippen LogP contribution in [0.3, 0.4) is 0 Å². The van der Waals surface area contributed by atoms with E-state index in [9.17, 15) is 4.79 Å². The number of amides is 1. The number of hydrogen-bond acceptors (Lipinski definition) is 4. The molecule has 0 unspecified atom stereocenters. The summed E-state index contributed by atoms with van der Waals surface area (Å²) < 4.78 is 9.29. The van der Waals surface area contributed by atoms with Gasteiger partial charge in [-0.2, -0.15) is 10.2 Å². The molecule has 0 aliphatic heterocycles. The van der Waals surface area contributed by atoms with E-state index in [0.29, 0.717) is 31.0 Å². The summed E-state index contributed by atoms with van der Waals surface area (Å²) >= 11 is 0. The average molecular weight is 367 g/mol. The number of nitrogens with zero attached hydrogens (tertiary/aromatic N) is 4. The summed E-state index contributed by atoms with van der Waals surface area (Å²) in [7, 11) is 0. The third-order valence-corrected chi connectivity index (χ3v) is 4.19. The first-order chi connectivity index (χ1) is 13.0. The Bertz CT molecular complexity index is 955. The highest BCUT2D eigenvalue weighted by atomic mass is 16.5. The predicted octanol–water partition coefficient (Wildman–Crippen LogP) is 3.72. The summed E-state index contributed by atoms with van der Waals surface area (Å²) in [6, 6.07) is 7.58. The fourth-order valence-electron chi connectivity index (χ4n) is 2.99. The van der Waals surface area contributed by atoms with Gasteiger partial charge in [0.2, 0.25) is 5.91 Å². The van der Waals surface area contributed by atoms with E-state index in [0.717, 1.165) is 16.7 Å². The summed E-state index contributed by atoms with van der Waals surface area (Å²) in [6.45, 7) is 10.7. The van der Waals surface area contributed by atoms with Crippen LogP contribution in [0.2, 0.25) is 0 Å². The number of ether oxygens (including phenoxy) is 1. The second kappa shape index (κ2) is 8.07. The number of carbonyl (C=O) groups excluding carboxylic acids is 1. The number of anilines is 1. The SMILES string of the molecule is C=CCOc1cccc(NC(=O)CCn2ncc3c2c(C)nn3C(C)C)c1. The van der Waals surface area contributed by atoms with E-state index in [-0.39, 0.29) is 11.9 Å². The van der Waals surface area contributed by atoms with Gasteiger partial charge in [-0.3, -0.25) is 14.2 Å². The minimum absolute atomic E-state index is 0.0755. The zero-order chi connectivity index (χ0) is 19.4. The lowest BCUT2D eigenvalue weighted by Gasteiger charge is -2.08. The van der Waals surface area contributed by atoms with Crippen molar-refractivity contribution < 1.29 is 9.53 Å². The molecule has 1 N–H and O–H groups in total. The molecule has 3 aromatic rings. The maximum atomic E-state index is 12.3. The molecule has 0 fully saturated rings. The Morgan fingerprint density at radius 3 is 2.96 bits per heavy atom. The molecule has 1 amide bonds. The Balaban J connectivity index is 1.64. The molecule has 0 spiro atoms. The fraction of sp³-hybridized carbons (Fsp3) is 0.350. The Kier molecular flexibility index (Phi) is 5.59. The molecule has 0 saturated carbocycles. The molecule has 0 aliphatic carbocycles. The lowest BCUT2D eigenvalue weighted by atomic mass is 10.3. The molecule has 0 saturated heterocycles. The van der Waals surface area contributed by atoms with Crippen molar-refractivity contribution in [1.82, 2.24) is 19.6 Å². The number of carbonyl (C=O) groups is 1. The van der Waals surface area contributed by atoms with Crippen molar-refractivity contribution in [3.63, 3.8) is 0 Å². The molecular weight excluding hydrogens is 342 g/mol. The number of nitrogens with one attached hydrogen (secondary N) is 1. The lowest BCUT2D eigenvalue weighted by molar-refractivity contribution is -0.116. The molecule has 0 radical (unpaired) electrons. The van der Waals surface area contributed by atoms with Crippen LogP contribution in [0.5, 0.6) is 5.75 Å². The number of hydrogen-bond donors (Lipinski definition) is 1. The Morgan fingerprint density at radius 1 is 1.41 bits per heavy atom. The molecule has 0 bridgehead atoms. The van der Waals surface area contributed by atoms with E-state index in [4.69, 9.17) is 4.74 Å². The molecule has 7 heteroatoms. The van der Waals surface area contributed by atoms with Crippen LogP contribution in [0.15, 0.2) is 43.1 Å². The quantitative estimate of drug-likeness (QED) is 0.616. The van der Waals surface area contributed by atoms with Gasteiger partial charge in [-0.15, -0.1) is 0 Å². The monoisotopic (exact) mass is 367 g/mol. The summed E-state index contributed by atoms with van der Waals surface area (Å²) in [5.41, 5.74) is 3.60. The van der Waals surface area contributed by atoms with Crippen LogP contribution >= 0.6 is 0 Å². The second-order valence-corrected chi connectivity index (χ2v) is 6.65. The van der Waals surface area contributed by atoms with E-state index in [1.807, 2.05) is 40.7 Å². The van der Waals surface area contributed by atoms with Gasteiger partial charge in [0.15, 0.2) is 0 Å². The van der Waals surface area contributed by atoms with Gasteiger partial charge < -0.3 is 10.1 Å². The van der Waals surface area contributed by atoms with Crippen LogP contribution in [-0.2, 0) is 11.3 Å². The highest BCUT2D eigenvalue weighted by Gasteiger charge is 2.15. The normalized spacial score (nSPS) is 11.1. The van der Waals surface area contributed by atoms with Crippen molar-refractivity contribution in [2.75, 3.05) is 11.9 Å². The minimum Gasteiger partial charge on any atom is -0.489 e. The maximum absolute atomic E-state index is 12.3. The predicted molar refractivity (Wildman–Crippen MR) is 106 cm³/mol. The van der Waals surface area contributed by atoms with Crippen molar-refractivity contribution in [2.24, 2.45) is 0 Å². The number of rotatable bonds is 8. The van der Waals surface area contributed by atoms with Crippen LogP contribution in [-0.4, -0.2) is 32.1 Å². The highest BCUT2D eigenvalue weighted by molar-refractivity contribution is 5.91. The number of aryl methyl sites for hydroxylation is 2. The zero-order valence-corrected chi connectivity index (χ0v) is 16.0. The van der Waals surface area contributed by atoms with E-state index in [2.05, 4.69) is 35.9 Å². The van der Waals surface area contributed by atoms with Crippen molar-refractivity contribution in [1.29, 1.82) is 0 Å². The van der Waals surface area contributed by atoms with Crippen molar-refractivity contribution >= 4 is 22.6 Å². The van der Waals surface area contributed by atoms with E-state index >= 15 is 0 Å². The first-order valence-electron chi connectivity index (χ1n) is 9.04. The largest absolute Gasteiger partial charge is 0.489 e. The third kappa shape index (κ3) is 4.19. The Labute approximate surface area is 158 Å². The van der Waals surface area contributed by atoms with Crippen LogP contribution in [0.1, 0.15) is 32.0 Å². The number of fused-ring (bicyclic) bond motifs is 1. The molecule has 142 valence electrons. The minimum atomic E-state index is -0.0755. The summed E-state index contributed by atoms with van der Waals surface area (Å²) in [4.78, 5) is 12.3. The summed E-state index contributed by atoms with van der Waals surface area (Å²) in [6.07, 6.45) is 3.81. The van der Waals surface area contributed by atoms with Crippen molar-refractivity contribution in [3.8, 4) is 5.75 Å². The Morgan fingerprint density at radius 2 is 2.22 bits per heavy atom. The maximum Gasteiger partial charge on any atom is 0.226 e. The molecular formula is C20H25N5O2. The topological polar surface area (TPSA) is 74.0 Å². The summed E-state index contributed by atoms with van der Waals surface area (Å²) in [5.74, 6) is 0.617. The zero-order valence-electron chi connectivity index (χ0n) is 16.0.